The van der Waals surface area contributed by atoms with Crippen molar-refractivity contribution in [2.24, 2.45) is 5.92 Å². The highest BCUT2D eigenvalue weighted by molar-refractivity contribution is 5.69. The number of benzene rings is 1. The van der Waals surface area contributed by atoms with E-state index in [0.29, 0.717) is 24.5 Å². The number of rotatable bonds is 6. The summed E-state index contributed by atoms with van der Waals surface area (Å²) in [5, 5.41) is 8.82. The number of hydrogen-bond acceptors (Lipinski definition) is 4. The fourth-order valence-electron chi connectivity index (χ4n) is 1.76. The molecule has 0 saturated heterocycles. The molecule has 0 aliphatic heterocycles. The van der Waals surface area contributed by atoms with Gasteiger partial charge in [0.2, 0.25) is 0 Å². The topological polar surface area (TPSA) is 62.3 Å². The first-order chi connectivity index (χ1) is 8.99. The van der Waals surface area contributed by atoms with Gasteiger partial charge in [0.1, 0.15) is 0 Å². The second kappa shape index (κ2) is 6.83. The smallest absolute Gasteiger partial charge is 0.167 e. The van der Waals surface area contributed by atoms with E-state index in [1.165, 1.54) is 6.07 Å². The summed E-state index contributed by atoms with van der Waals surface area (Å²) < 4.78 is 19.0. The van der Waals surface area contributed by atoms with Crippen molar-refractivity contribution in [3.8, 4) is 11.8 Å². The van der Waals surface area contributed by atoms with Crippen molar-refractivity contribution >= 4 is 11.4 Å². The SMILES string of the molecule is CCCOc1cc(N(C)CC(C)C#N)c(N)cc1F. The number of ether oxygens (including phenoxy) is 1. The van der Waals surface area contributed by atoms with Gasteiger partial charge >= 0.3 is 0 Å². The number of nitrogens with two attached hydrogens (primary N) is 1. The van der Waals surface area contributed by atoms with Crippen LogP contribution in [0, 0.1) is 23.1 Å². The monoisotopic (exact) mass is 265 g/mol. The normalized spacial score (nSPS) is 11.7. The summed E-state index contributed by atoms with van der Waals surface area (Å²) in [5.41, 5.74) is 6.83. The Kier molecular flexibility index (Phi) is 5.43. The summed E-state index contributed by atoms with van der Waals surface area (Å²) in [6.45, 7) is 4.76. The third-order valence-electron chi connectivity index (χ3n) is 2.72. The second-order valence-electron chi connectivity index (χ2n) is 4.60. The van der Waals surface area contributed by atoms with Gasteiger partial charge in [-0.1, -0.05) is 6.92 Å². The summed E-state index contributed by atoms with van der Waals surface area (Å²) >= 11 is 0. The van der Waals surface area contributed by atoms with Crippen molar-refractivity contribution < 1.29 is 9.13 Å². The first kappa shape index (κ1) is 15.1. The standard InChI is InChI=1S/C14H20FN3O/c1-4-5-19-14-7-13(12(17)6-11(14)15)18(3)9-10(2)8-16/h6-7,10H,4-5,9,17H2,1-3H3. The largest absolute Gasteiger partial charge is 0.490 e. The molecule has 0 heterocycles. The maximum Gasteiger partial charge on any atom is 0.167 e. The number of nitrogen functional groups attached to an aromatic ring is 1. The van der Waals surface area contributed by atoms with Crippen LogP contribution < -0.4 is 15.4 Å². The Hall–Kier alpha value is -1.96. The fourth-order valence-corrected chi connectivity index (χ4v) is 1.76. The van der Waals surface area contributed by atoms with Gasteiger partial charge in [0.25, 0.3) is 0 Å². The molecule has 0 spiro atoms. The molecule has 4 nitrogen and oxygen atoms in total. The molecule has 0 fully saturated rings. The van der Waals surface area contributed by atoms with E-state index in [9.17, 15) is 4.39 Å². The van der Waals surface area contributed by atoms with Crippen LogP contribution in [0.3, 0.4) is 0 Å². The lowest BCUT2D eigenvalue weighted by atomic mass is 10.1. The van der Waals surface area contributed by atoms with Crippen molar-refractivity contribution in [1.82, 2.24) is 0 Å². The summed E-state index contributed by atoms with van der Waals surface area (Å²) in [6, 6.07) is 5.00. The Balaban J connectivity index is 2.96. The number of halogens is 1. The van der Waals surface area contributed by atoms with E-state index < -0.39 is 5.82 Å². The zero-order chi connectivity index (χ0) is 14.4. The second-order valence-corrected chi connectivity index (χ2v) is 4.60. The highest BCUT2D eigenvalue weighted by Gasteiger charge is 2.14. The third kappa shape index (κ3) is 4.02. The molecule has 104 valence electrons. The van der Waals surface area contributed by atoms with E-state index in [2.05, 4.69) is 6.07 Å². The Morgan fingerprint density at radius 1 is 1.53 bits per heavy atom. The maximum absolute atomic E-state index is 13.7. The molecule has 1 aromatic rings. The minimum atomic E-state index is -0.462. The number of anilines is 2. The average Bonchev–Trinajstić information content (AvgIpc) is 2.37. The first-order valence-electron chi connectivity index (χ1n) is 6.32. The van der Waals surface area contributed by atoms with Gasteiger partial charge < -0.3 is 15.4 Å². The first-order valence-corrected chi connectivity index (χ1v) is 6.32. The van der Waals surface area contributed by atoms with Crippen molar-refractivity contribution in [3.05, 3.63) is 17.9 Å². The van der Waals surface area contributed by atoms with Crippen molar-refractivity contribution in [2.45, 2.75) is 20.3 Å². The lowest BCUT2D eigenvalue weighted by molar-refractivity contribution is 0.301. The third-order valence-corrected chi connectivity index (χ3v) is 2.72. The molecule has 1 aromatic carbocycles. The zero-order valence-electron chi connectivity index (χ0n) is 11.6. The molecule has 0 bridgehead atoms. The molecule has 5 heteroatoms. The van der Waals surface area contributed by atoms with E-state index in [-0.39, 0.29) is 11.7 Å². The van der Waals surface area contributed by atoms with E-state index in [0.717, 1.165) is 6.42 Å². The molecular formula is C14H20FN3O. The van der Waals surface area contributed by atoms with Crippen LogP contribution in [0.25, 0.3) is 0 Å². The predicted molar refractivity (Wildman–Crippen MR) is 74.6 cm³/mol. The van der Waals surface area contributed by atoms with Gasteiger partial charge in [-0.25, -0.2) is 4.39 Å². The highest BCUT2D eigenvalue weighted by Crippen LogP contribution is 2.31. The van der Waals surface area contributed by atoms with Crippen LogP contribution in [0.5, 0.6) is 5.75 Å². The number of hydrogen-bond donors (Lipinski definition) is 1. The van der Waals surface area contributed by atoms with E-state index in [4.69, 9.17) is 15.7 Å². The van der Waals surface area contributed by atoms with Crippen LogP contribution in [0.4, 0.5) is 15.8 Å². The van der Waals surface area contributed by atoms with Crippen molar-refractivity contribution in [3.63, 3.8) is 0 Å². The van der Waals surface area contributed by atoms with Gasteiger partial charge in [0.15, 0.2) is 11.6 Å². The molecule has 1 atom stereocenters. The summed E-state index contributed by atoms with van der Waals surface area (Å²) in [6.07, 6.45) is 0.806. The average molecular weight is 265 g/mol. The van der Waals surface area contributed by atoms with Crippen LogP contribution in [0.15, 0.2) is 12.1 Å². The predicted octanol–water partition coefficient (Wildman–Crippen LogP) is 2.79. The zero-order valence-corrected chi connectivity index (χ0v) is 11.6. The van der Waals surface area contributed by atoms with Crippen molar-refractivity contribution in [2.75, 3.05) is 30.8 Å². The minimum Gasteiger partial charge on any atom is -0.490 e. The van der Waals surface area contributed by atoms with Crippen molar-refractivity contribution in [1.29, 1.82) is 5.26 Å². The molecule has 2 N–H and O–H groups in total. The molecule has 1 unspecified atom stereocenters. The molecule has 0 aromatic heterocycles. The van der Waals surface area contributed by atoms with Crippen LogP contribution in [0.1, 0.15) is 20.3 Å². The molecule has 0 aliphatic rings. The Morgan fingerprint density at radius 2 is 2.21 bits per heavy atom. The van der Waals surface area contributed by atoms with Gasteiger partial charge in [-0.2, -0.15) is 5.26 Å². The number of nitriles is 1. The molecule has 0 aliphatic carbocycles. The van der Waals surface area contributed by atoms with Gasteiger partial charge in [0, 0.05) is 25.7 Å². The number of nitrogens with zero attached hydrogens (tertiary/aromatic N) is 2. The van der Waals surface area contributed by atoms with Crippen LogP contribution in [-0.2, 0) is 0 Å². The molecule has 0 radical (unpaired) electrons. The maximum atomic E-state index is 13.7. The van der Waals surface area contributed by atoms with Crippen LogP contribution in [-0.4, -0.2) is 20.2 Å². The molecule has 19 heavy (non-hydrogen) atoms. The highest BCUT2D eigenvalue weighted by atomic mass is 19.1. The molecular weight excluding hydrogens is 245 g/mol. The summed E-state index contributed by atoms with van der Waals surface area (Å²) in [5.74, 6) is -0.395. The molecule has 1 rings (SSSR count). The Morgan fingerprint density at radius 3 is 2.79 bits per heavy atom. The fraction of sp³-hybridized carbons (Fsp3) is 0.500. The van der Waals surface area contributed by atoms with Crippen LogP contribution >= 0.6 is 0 Å². The molecule has 0 saturated carbocycles. The van der Waals surface area contributed by atoms with Gasteiger partial charge in [-0.3, -0.25) is 0 Å². The summed E-state index contributed by atoms with van der Waals surface area (Å²) in [7, 11) is 1.82. The lowest BCUT2D eigenvalue weighted by Gasteiger charge is -2.23. The Bertz CT molecular complexity index is 470. The molecule has 0 amide bonds. The van der Waals surface area contributed by atoms with Gasteiger partial charge in [-0.15, -0.1) is 0 Å². The minimum absolute atomic E-state index is 0.130. The van der Waals surface area contributed by atoms with E-state index >= 15 is 0 Å². The van der Waals surface area contributed by atoms with Gasteiger partial charge in [0.05, 0.1) is 30.0 Å². The summed E-state index contributed by atoms with van der Waals surface area (Å²) in [4.78, 5) is 1.83. The van der Waals surface area contributed by atoms with Gasteiger partial charge in [-0.05, 0) is 13.3 Å². The quantitative estimate of drug-likeness (QED) is 0.803. The Labute approximate surface area is 113 Å². The van der Waals surface area contributed by atoms with E-state index in [1.807, 2.05) is 25.8 Å². The lowest BCUT2D eigenvalue weighted by Crippen LogP contribution is -2.24. The van der Waals surface area contributed by atoms with E-state index in [1.54, 1.807) is 6.07 Å². The van der Waals surface area contributed by atoms with Crippen LogP contribution in [0.2, 0.25) is 0 Å².